The van der Waals surface area contributed by atoms with Crippen molar-refractivity contribution < 1.29 is 22.9 Å². The summed E-state index contributed by atoms with van der Waals surface area (Å²) in [6, 6.07) is 2.55. The first-order chi connectivity index (χ1) is 11.9. The summed E-state index contributed by atoms with van der Waals surface area (Å²) in [6.07, 6.45) is 3.14. The maximum absolute atomic E-state index is 12.7. The fourth-order valence-electron chi connectivity index (χ4n) is 4.26. The van der Waals surface area contributed by atoms with Crippen LogP contribution in [0.15, 0.2) is 30.5 Å². The number of carbonyl (C=O) groups is 1. The number of hydrogen-bond donors (Lipinski definition) is 0. The third-order valence-corrected chi connectivity index (χ3v) is 5.65. The lowest BCUT2D eigenvalue weighted by Gasteiger charge is -2.33. The Bertz CT molecular complexity index is 678. The molecule has 134 valence electrons. The number of halogens is 3. The molecule has 1 N–H and O–H groups in total. The van der Waals surface area contributed by atoms with Gasteiger partial charge in [-0.05, 0) is 30.7 Å². The van der Waals surface area contributed by atoms with Crippen LogP contribution in [0.3, 0.4) is 0 Å². The van der Waals surface area contributed by atoms with E-state index in [-0.39, 0.29) is 11.8 Å². The molecule has 1 aromatic rings. The van der Waals surface area contributed by atoms with Gasteiger partial charge in [-0.15, -0.1) is 0 Å². The average molecular weight is 352 g/mol. The molecule has 0 spiro atoms. The number of pyridine rings is 1. The molecule has 3 atom stereocenters. The highest BCUT2D eigenvalue weighted by atomic mass is 19.4. The maximum atomic E-state index is 12.7. The Morgan fingerprint density at radius 1 is 1.08 bits per heavy atom. The Kier molecular flexibility index (Phi) is 3.96. The lowest BCUT2D eigenvalue weighted by atomic mass is 9.92. The first-order valence-electron chi connectivity index (χ1n) is 8.73. The standard InChI is InChI=1S/C18H20F3N3O/c19-18(20,21)14-3-4-16(22-11-14)23-5-7-24(8-6-23)17(25)15-10-12-1-2-13(15)9-12/h1-4,11-13,15H,5-10H2/p+1/t12-,13+,15+/m0/s1. The van der Waals surface area contributed by atoms with Crippen LogP contribution in [0.5, 0.6) is 0 Å². The van der Waals surface area contributed by atoms with Crippen molar-refractivity contribution in [3.05, 3.63) is 36.0 Å². The van der Waals surface area contributed by atoms with E-state index in [1.807, 2.05) is 9.80 Å². The molecule has 0 radical (unpaired) electrons. The van der Waals surface area contributed by atoms with E-state index in [0.29, 0.717) is 43.8 Å². The summed E-state index contributed by atoms with van der Waals surface area (Å²) in [5.41, 5.74) is -0.686. The number of H-pyrrole nitrogens is 1. The van der Waals surface area contributed by atoms with Crippen molar-refractivity contribution in [1.29, 1.82) is 0 Å². The molecular formula is C18H21F3N3O+. The largest absolute Gasteiger partial charge is 0.419 e. The highest BCUT2D eigenvalue weighted by Gasteiger charge is 2.42. The number of nitrogens with one attached hydrogen (secondary N) is 1. The molecule has 0 unspecified atom stereocenters. The van der Waals surface area contributed by atoms with Gasteiger partial charge in [-0.2, -0.15) is 13.2 Å². The molecule has 2 heterocycles. The van der Waals surface area contributed by atoms with Crippen LogP contribution in [0.4, 0.5) is 19.0 Å². The van der Waals surface area contributed by atoms with Gasteiger partial charge < -0.3 is 4.90 Å². The molecule has 25 heavy (non-hydrogen) atoms. The van der Waals surface area contributed by atoms with E-state index in [1.54, 1.807) is 0 Å². The second kappa shape index (κ2) is 6.04. The van der Waals surface area contributed by atoms with E-state index in [4.69, 9.17) is 0 Å². The zero-order valence-corrected chi connectivity index (χ0v) is 13.8. The Hall–Kier alpha value is -2.05. The number of amides is 1. The summed E-state index contributed by atoms with van der Waals surface area (Å²) in [7, 11) is 0. The van der Waals surface area contributed by atoms with Crippen molar-refractivity contribution in [2.45, 2.75) is 19.0 Å². The number of anilines is 1. The number of piperazine rings is 1. The Labute approximate surface area is 144 Å². The van der Waals surface area contributed by atoms with E-state index in [9.17, 15) is 18.0 Å². The van der Waals surface area contributed by atoms with E-state index in [2.05, 4.69) is 17.1 Å². The second-order valence-electron chi connectivity index (χ2n) is 7.16. The lowest BCUT2D eigenvalue weighted by Crippen LogP contribution is -2.51. The fourth-order valence-corrected chi connectivity index (χ4v) is 4.26. The smallest absolute Gasteiger partial charge is 0.335 e. The van der Waals surface area contributed by atoms with Gasteiger partial charge in [-0.25, -0.2) is 4.98 Å². The summed E-state index contributed by atoms with van der Waals surface area (Å²) >= 11 is 0. The van der Waals surface area contributed by atoms with Gasteiger partial charge in [0.15, 0.2) is 0 Å². The quantitative estimate of drug-likeness (QED) is 0.767. The van der Waals surface area contributed by atoms with Crippen LogP contribution in [-0.4, -0.2) is 37.0 Å². The van der Waals surface area contributed by atoms with Crippen LogP contribution >= 0.6 is 0 Å². The topological polar surface area (TPSA) is 37.7 Å². The monoisotopic (exact) mass is 352 g/mol. The van der Waals surface area contributed by atoms with Gasteiger partial charge in [0, 0.05) is 12.0 Å². The summed E-state index contributed by atoms with van der Waals surface area (Å²) < 4.78 is 37.9. The molecule has 4 rings (SSSR count). The van der Waals surface area contributed by atoms with Crippen LogP contribution in [0.2, 0.25) is 0 Å². The summed E-state index contributed by atoms with van der Waals surface area (Å²) in [4.78, 5) is 19.4. The minimum Gasteiger partial charge on any atom is -0.335 e. The zero-order valence-electron chi connectivity index (χ0n) is 13.8. The molecule has 1 saturated carbocycles. The van der Waals surface area contributed by atoms with Crippen LogP contribution in [0, 0.1) is 17.8 Å². The molecule has 1 saturated heterocycles. The molecule has 1 aromatic heterocycles. The average Bonchev–Trinajstić information content (AvgIpc) is 3.24. The first kappa shape index (κ1) is 16.4. The number of fused-ring (bicyclic) bond motifs is 2. The fraction of sp³-hybridized carbons (Fsp3) is 0.556. The first-order valence-corrected chi connectivity index (χ1v) is 8.73. The minimum atomic E-state index is -4.34. The van der Waals surface area contributed by atoms with E-state index < -0.39 is 11.7 Å². The van der Waals surface area contributed by atoms with Gasteiger partial charge in [0.25, 0.3) is 5.82 Å². The van der Waals surface area contributed by atoms with Gasteiger partial charge in [0.05, 0.1) is 18.7 Å². The van der Waals surface area contributed by atoms with Crippen molar-refractivity contribution in [3.8, 4) is 0 Å². The van der Waals surface area contributed by atoms with Gasteiger partial charge in [0.1, 0.15) is 19.3 Å². The van der Waals surface area contributed by atoms with Crippen molar-refractivity contribution in [3.63, 3.8) is 0 Å². The third kappa shape index (κ3) is 3.12. The number of alkyl halides is 3. The minimum absolute atomic E-state index is 0.124. The second-order valence-corrected chi connectivity index (χ2v) is 7.16. The number of hydrogen-bond acceptors (Lipinski definition) is 2. The van der Waals surface area contributed by atoms with Crippen LogP contribution < -0.4 is 9.88 Å². The zero-order chi connectivity index (χ0) is 17.6. The van der Waals surface area contributed by atoms with Crippen LogP contribution in [-0.2, 0) is 11.0 Å². The van der Waals surface area contributed by atoms with Crippen molar-refractivity contribution in [2.24, 2.45) is 17.8 Å². The number of carbonyl (C=O) groups excluding carboxylic acids is 1. The molecule has 2 bridgehead atoms. The van der Waals surface area contributed by atoms with E-state index in [0.717, 1.165) is 25.1 Å². The van der Waals surface area contributed by atoms with Crippen molar-refractivity contribution in [2.75, 3.05) is 31.1 Å². The molecule has 1 amide bonds. The summed E-state index contributed by atoms with van der Waals surface area (Å²) in [5, 5.41) is 0. The molecular weight excluding hydrogens is 331 g/mol. The Balaban J connectivity index is 1.35. The van der Waals surface area contributed by atoms with Gasteiger partial charge in [-0.3, -0.25) is 9.69 Å². The van der Waals surface area contributed by atoms with Gasteiger partial charge in [-0.1, -0.05) is 12.2 Å². The maximum Gasteiger partial charge on any atom is 0.419 e. The summed E-state index contributed by atoms with van der Waals surface area (Å²) in [6.45, 7) is 2.49. The third-order valence-electron chi connectivity index (χ3n) is 5.65. The number of rotatable bonds is 2. The predicted molar refractivity (Wildman–Crippen MR) is 85.6 cm³/mol. The van der Waals surface area contributed by atoms with Gasteiger partial charge >= 0.3 is 6.18 Å². The number of aromatic nitrogens is 1. The van der Waals surface area contributed by atoms with E-state index >= 15 is 0 Å². The van der Waals surface area contributed by atoms with Gasteiger partial charge in [0.2, 0.25) is 5.91 Å². The van der Waals surface area contributed by atoms with Crippen LogP contribution in [0.25, 0.3) is 0 Å². The van der Waals surface area contributed by atoms with E-state index in [1.165, 1.54) is 6.07 Å². The van der Waals surface area contributed by atoms with Crippen molar-refractivity contribution >= 4 is 11.7 Å². The normalized spacial score (nSPS) is 28.7. The number of allylic oxidation sites excluding steroid dienone is 2. The van der Waals surface area contributed by atoms with Crippen LogP contribution in [0.1, 0.15) is 18.4 Å². The Morgan fingerprint density at radius 3 is 2.36 bits per heavy atom. The number of aromatic amines is 1. The molecule has 7 heteroatoms. The predicted octanol–water partition coefficient (Wildman–Crippen LogP) is 2.38. The molecule has 4 nitrogen and oxygen atoms in total. The summed E-state index contributed by atoms with van der Waals surface area (Å²) in [5.74, 6) is 2.00. The highest BCUT2D eigenvalue weighted by Crippen LogP contribution is 2.44. The molecule has 2 aliphatic carbocycles. The Morgan fingerprint density at radius 2 is 1.84 bits per heavy atom. The molecule has 1 aliphatic heterocycles. The lowest BCUT2D eigenvalue weighted by molar-refractivity contribution is -0.367. The van der Waals surface area contributed by atoms with Crippen molar-refractivity contribution in [1.82, 2.24) is 4.90 Å². The molecule has 2 fully saturated rings. The SMILES string of the molecule is O=C([C@@H]1C[C@H]2C=C[C@@H]1C2)N1CCN(c2ccc(C(F)(F)F)c[nH+]2)CC1. The number of nitrogens with zero attached hydrogens (tertiary/aromatic N) is 2. The molecule has 3 aliphatic rings. The highest BCUT2D eigenvalue weighted by molar-refractivity contribution is 5.80. The molecule has 0 aromatic carbocycles.